The number of H-pyrrole nitrogens is 1. The van der Waals surface area contributed by atoms with Crippen LogP contribution >= 0.6 is 33.9 Å². The lowest BCUT2D eigenvalue weighted by atomic mass is 10.1. The van der Waals surface area contributed by atoms with Crippen molar-refractivity contribution in [3.8, 4) is 22.1 Å². The fourth-order valence-corrected chi connectivity index (χ4v) is 2.99. The van der Waals surface area contributed by atoms with Crippen molar-refractivity contribution >= 4 is 33.9 Å². The molecule has 0 aliphatic carbocycles. The highest BCUT2D eigenvalue weighted by molar-refractivity contribution is 14.1. The molecule has 3 rings (SSSR count). The van der Waals surface area contributed by atoms with Crippen LogP contribution in [-0.4, -0.2) is 15.2 Å². The van der Waals surface area contributed by atoms with E-state index in [4.69, 9.17) is 0 Å². The summed E-state index contributed by atoms with van der Waals surface area (Å²) < 4.78 is 1.20. The number of aromatic nitrogens is 3. The first kappa shape index (κ1) is 11.9. The average molecular weight is 367 g/mol. The zero-order valence-electron chi connectivity index (χ0n) is 9.64. The number of benzene rings is 1. The lowest BCUT2D eigenvalue weighted by molar-refractivity contribution is 1.10. The van der Waals surface area contributed by atoms with Crippen LogP contribution in [0.25, 0.3) is 22.1 Å². The molecule has 0 atom stereocenters. The van der Waals surface area contributed by atoms with Crippen molar-refractivity contribution in [2.75, 3.05) is 0 Å². The number of hydrogen-bond acceptors (Lipinski definition) is 3. The van der Waals surface area contributed by atoms with Crippen molar-refractivity contribution in [3.63, 3.8) is 0 Å². The minimum Gasteiger partial charge on any atom is -0.258 e. The molecule has 5 heteroatoms. The Morgan fingerprint density at radius 2 is 2.11 bits per heavy atom. The molecule has 90 valence electrons. The second kappa shape index (κ2) is 4.81. The third-order valence-electron chi connectivity index (χ3n) is 2.67. The Bertz CT molecular complexity index is 673. The van der Waals surface area contributed by atoms with Crippen LogP contribution in [0.2, 0.25) is 0 Å². The van der Waals surface area contributed by atoms with E-state index in [1.54, 1.807) is 11.3 Å². The third-order valence-corrected chi connectivity index (χ3v) is 4.98. The molecule has 0 aliphatic rings. The third kappa shape index (κ3) is 2.08. The van der Waals surface area contributed by atoms with Gasteiger partial charge in [0.2, 0.25) is 0 Å². The lowest BCUT2D eigenvalue weighted by Gasteiger charge is -2.02. The second-order valence-electron chi connectivity index (χ2n) is 3.92. The highest BCUT2D eigenvalue weighted by Gasteiger charge is 2.11. The topological polar surface area (TPSA) is 41.6 Å². The molecule has 0 fully saturated rings. The summed E-state index contributed by atoms with van der Waals surface area (Å²) >= 11 is 4.00. The van der Waals surface area contributed by atoms with Crippen LogP contribution in [0.3, 0.4) is 0 Å². The first-order valence-corrected chi connectivity index (χ1v) is 7.43. The van der Waals surface area contributed by atoms with Gasteiger partial charge in [0.25, 0.3) is 0 Å². The molecule has 0 spiro atoms. The standard InChI is InChI=1S/C13H10IN3S/c1-8-4-2-5-9(11(8)14)12-15-13(17-16-12)10-6-3-7-18-10/h2-7H,1H3,(H,15,16,17). The van der Waals surface area contributed by atoms with Gasteiger partial charge >= 0.3 is 0 Å². The maximum atomic E-state index is 4.56. The number of hydrogen-bond donors (Lipinski definition) is 1. The van der Waals surface area contributed by atoms with Crippen LogP contribution in [0.1, 0.15) is 5.56 Å². The molecule has 2 heterocycles. The minimum atomic E-state index is 0.756. The minimum absolute atomic E-state index is 0.756. The molecule has 3 aromatic rings. The van der Waals surface area contributed by atoms with E-state index < -0.39 is 0 Å². The van der Waals surface area contributed by atoms with Crippen LogP contribution in [0.15, 0.2) is 35.7 Å². The predicted molar refractivity (Wildman–Crippen MR) is 82.6 cm³/mol. The summed E-state index contributed by atoms with van der Waals surface area (Å²) in [5, 5.41) is 9.35. The first-order valence-electron chi connectivity index (χ1n) is 5.47. The quantitative estimate of drug-likeness (QED) is 0.693. The van der Waals surface area contributed by atoms with E-state index in [0.717, 1.165) is 22.1 Å². The highest BCUT2D eigenvalue weighted by Crippen LogP contribution is 2.27. The molecule has 1 N–H and O–H groups in total. The van der Waals surface area contributed by atoms with Gasteiger partial charge in [-0.25, -0.2) is 4.98 Å². The van der Waals surface area contributed by atoms with Crippen molar-refractivity contribution in [3.05, 3.63) is 44.8 Å². The Morgan fingerprint density at radius 3 is 2.89 bits per heavy atom. The first-order chi connectivity index (χ1) is 8.75. The van der Waals surface area contributed by atoms with Crippen LogP contribution in [-0.2, 0) is 0 Å². The van der Waals surface area contributed by atoms with Crippen molar-refractivity contribution in [2.24, 2.45) is 0 Å². The molecule has 0 saturated carbocycles. The van der Waals surface area contributed by atoms with Gasteiger partial charge in [0, 0.05) is 9.13 Å². The van der Waals surface area contributed by atoms with Gasteiger partial charge in [0.05, 0.1) is 4.88 Å². The van der Waals surface area contributed by atoms with E-state index >= 15 is 0 Å². The van der Waals surface area contributed by atoms with Crippen LogP contribution in [0, 0.1) is 10.5 Å². The fourth-order valence-electron chi connectivity index (χ4n) is 1.73. The Kier molecular flexibility index (Phi) is 3.17. The monoisotopic (exact) mass is 367 g/mol. The van der Waals surface area contributed by atoms with E-state index in [2.05, 4.69) is 56.8 Å². The molecule has 0 unspecified atom stereocenters. The average Bonchev–Trinajstić information content (AvgIpc) is 3.01. The molecule has 3 nitrogen and oxygen atoms in total. The molecule has 0 amide bonds. The molecule has 0 saturated heterocycles. The Hall–Kier alpha value is -1.21. The predicted octanol–water partition coefficient (Wildman–Crippen LogP) is 4.11. The van der Waals surface area contributed by atoms with Gasteiger partial charge in [0.1, 0.15) is 0 Å². The summed E-state index contributed by atoms with van der Waals surface area (Å²) in [4.78, 5) is 5.67. The summed E-state index contributed by atoms with van der Waals surface area (Å²) in [5.74, 6) is 1.59. The summed E-state index contributed by atoms with van der Waals surface area (Å²) in [5.41, 5.74) is 2.32. The molecule has 0 radical (unpaired) electrons. The van der Waals surface area contributed by atoms with Gasteiger partial charge in [-0.15, -0.1) is 11.3 Å². The van der Waals surface area contributed by atoms with Gasteiger partial charge in [0.15, 0.2) is 11.6 Å². The van der Waals surface area contributed by atoms with Gasteiger partial charge in [-0.3, -0.25) is 5.10 Å². The zero-order chi connectivity index (χ0) is 12.5. The molecule has 2 aromatic heterocycles. The summed E-state index contributed by atoms with van der Waals surface area (Å²) in [6, 6.07) is 10.2. The Labute approximate surface area is 122 Å². The highest BCUT2D eigenvalue weighted by atomic mass is 127. The molecule has 1 aromatic carbocycles. The fraction of sp³-hybridized carbons (Fsp3) is 0.0769. The van der Waals surface area contributed by atoms with Crippen LogP contribution in [0.4, 0.5) is 0 Å². The second-order valence-corrected chi connectivity index (χ2v) is 5.95. The normalized spacial score (nSPS) is 10.8. The van der Waals surface area contributed by atoms with Gasteiger partial charge in [-0.2, -0.15) is 5.10 Å². The van der Waals surface area contributed by atoms with Crippen LogP contribution in [0.5, 0.6) is 0 Å². The molecule has 0 bridgehead atoms. The van der Waals surface area contributed by atoms with Gasteiger partial charge in [-0.05, 0) is 46.5 Å². The van der Waals surface area contributed by atoms with E-state index in [9.17, 15) is 0 Å². The van der Waals surface area contributed by atoms with Gasteiger partial charge in [-0.1, -0.05) is 24.3 Å². The number of rotatable bonds is 2. The molecular formula is C13H10IN3S. The number of thiophene rings is 1. The summed E-state index contributed by atoms with van der Waals surface area (Å²) in [6.45, 7) is 2.10. The van der Waals surface area contributed by atoms with E-state index in [-0.39, 0.29) is 0 Å². The summed E-state index contributed by atoms with van der Waals surface area (Å²) in [7, 11) is 0. The van der Waals surface area contributed by atoms with E-state index in [1.165, 1.54) is 9.13 Å². The number of nitrogens with zero attached hydrogens (tertiary/aromatic N) is 2. The van der Waals surface area contributed by atoms with Crippen molar-refractivity contribution in [1.29, 1.82) is 0 Å². The molecule has 0 aliphatic heterocycles. The van der Waals surface area contributed by atoms with E-state index in [0.29, 0.717) is 0 Å². The number of nitrogens with one attached hydrogen (secondary N) is 1. The Morgan fingerprint density at radius 1 is 1.22 bits per heavy atom. The SMILES string of the molecule is Cc1cccc(-c2n[nH]c(-c3cccs3)n2)c1I. The largest absolute Gasteiger partial charge is 0.258 e. The lowest BCUT2D eigenvalue weighted by Crippen LogP contribution is -1.88. The number of halogens is 1. The van der Waals surface area contributed by atoms with Crippen LogP contribution < -0.4 is 0 Å². The maximum Gasteiger partial charge on any atom is 0.182 e. The Balaban J connectivity index is 2.06. The summed E-state index contributed by atoms with van der Waals surface area (Å²) in [6.07, 6.45) is 0. The van der Waals surface area contributed by atoms with Crippen molar-refractivity contribution in [1.82, 2.24) is 15.2 Å². The molecular weight excluding hydrogens is 357 g/mol. The molecule has 18 heavy (non-hydrogen) atoms. The number of aromatic amines is 1. The van der Waals surface area contributed by atoms with Crippen molar-refractivity contribution < 1.29 is 0 Å². The van der Waals surface area contributed by atoms with E-state index in [1.807, 2.05) is 23.6 Å². The maximum absolute atomic E-state index is 4.56. The zero-order valence-corrected chi connectivity index (χ0v) is 12.6. The smallest absolute Gasteiger partial charge is 0.182 e. The van der Waals surface area contributed by atoms with Crippen molar-refractivity contribution in [2.45, 2.75) is 6.92 Å². The van der Waals surface area contributed by atoms with Gasteiger partial charge < -0.3 is 0 Å². The number of aryl methyl sites for hydroxylation is 1.